The fourth-order valence-electron chi connectivity index (χ4n) is 3.18. The molecule has 1 unspecified atom stereocenters. The van der Waals surface area contributed by atoms with Gasteiger partial charge in [0.2, 0.25) is 0 Å². The first-order chi connectivity index (χ1) is 9.72. The quantitative estimate of drug-likeness (QED) is 0.806. The maximum absolute atomic E-state index is 13.5. The first-order valence-corrected chi connectivity index (χ1v) is 7.71. The van der Waals surface area contributed by atoms with E-state index in [4.69, 9.17) is 11.6 Å². The van der Waals surface area contributed by atoms with E-state index in [9.17, 15) is 4.39 Å². The molecule has 0 spiro atoms. The molecule has 2 aromatic rings. The minimum absolute atomic E-state index is 0.224. The number of halogens is 2. The smallest absolute Gasteiger partial charge is 0.125 e. The number of benzene rings is 1. The van der Waals surface area contributed by atoms with E-state index >= 15 is 0 Å². The summed E-state index contributed by atoms with van der Waals surface area (Å²) in [7, 11) is 0. The summed E-state index contributed by atoms with van der Waals surface area (Å²) in [4.78, 5) is 6.99. The van der Waals surface area contributed by atoms with Crippen LogP contribution in [0, 0.1) is 5.82 Å². The molecule has 0 aliphatic carbocycles. The normalized spacial score (nSPS) is 20.1. The van der Waals surface area contributed by atoms with Gasteiger partial charge in [-0.15, -0.1) is 11.6 Å². The molecule has 0 radical (unpaired) electrons. The predicted molar refractivity (Wildman–Crippen MR) is 79.5 cm³/mol. The maximum atomic E-state index is 13.5. The average Bonchev–Trinajstić information content (AvgIpc) is 3.04. The van der Waals surface area contributed by atoms with Crippen LogP contribution in [0.3, 0.4) is 0 Å². The Morgan fingerprint density at radius 1 is 1.45 bits per heavy atom. The highest BCUT2D eigenvalue weighted by molar-refractivity contribution is 6.16. The van der Waals surface area contributed by atoms with Crippen LogP contribution in [-0.2, 0) is 12.4 Å². The Kier molecular flexibility index (Phi) is 3.94. The Balaban J connectivity index is 1.98. The SMILES string of the molecule is CCN1CCCC1Cn1c(CCl)nc2ccc(F)cc21. The van der Waals surface area contributed by atoms with Crippen LogP contribution in [0.1, 0.15) is 25.6 Å². The largest absolute Gasteiger partial charge is 0.325 e. The minimum Gasteiger partial charge on any atom is -0.325 e. The van der Waals surface area contributed by atoms with E-state index < -0.39 is 0 Å². The van der Waals surface area contributed by atoms with Gasteiger partial charge in [0.25, 0.3) is 0 Å². The van der Waals surface area contributed by atoms with Crippen LogP contribution in [0.5, 0.6) is 0 Å². The van der Waals surface area contributed by atoms with Gasteiger partial charge in [0, 0.05) is 12.6 Å². The second-order valence-corrected chi connectivity index (χ2v) is 5.60. The lowest BCUT2D eigenvalue weighted by atomic mass is 10.2. The molecule has 3 nitrogen and oxygen atoms in total. The van der Waals surface area contributed by atoms with Crippen molar-refractivity contribution in [3.63, 3.8) is 0 Å². The fourth-order valence-corrected chi connectivity index (χ4v) is 3.38. The molecule has 1 aromatic heterocycles. The number of imidazole rings is 1. The fraction of sp³-hybridized carbons (Fsp3) is 0.533. The molecule has 5 heteroatoms. The zero-order chi connectivity index (χ0) is 14.1. The van der Waals surface area contributed by atoms with Gasteiger partial charge in [-0.2, -0.15) is 0 Å². The molecule has 3 rings (SSSR count). The molecule has 108 valence electrons. The van der Waals surface area contributed by atoms with Gasteiger partial charge in [0.15, 0.2) is 0 Å². The number of rotatable bonds is 4. The molecular weight excluding hydrogens is 277 g/mol. The summed E-state index contributed by atoms with van der Waals surface area (Å²) in [5.41, 5.74) is 1.67. The van der Waals surface area contributed by atoms with E-state index in [1.54, 1.807) is 12.1 Å². The van der Waals surface area contributed by atoms with Gasteiger partial charge in [-0.1, -0.05) is 6.92 Å². The summed E-state index contributed by atoms with van der Waals surface area (Å²) >= 11 is 6.01. The number of hydrogen-bond donors (Lipinski definition) is 0. The Morgan fingerprint density at radius 2 is 2.30 bits per heavy atom. The minimum atomic E-state index is -0.224. The van der Waals surface area contributed by atoms with Gasteiger partial charge in [-0.05, 0) is 44.1 Å². The summed E-state index contributed by atoms with van der Waals surface area (Å²) in [6.07, 6.45) is 2.42. The molecule has 1 aliphatic rings. The van der Waals surface area contributed by atoms with Crippen molar-refractivity contribution >= 4 is 22.6 Å². The van der Waals surface area contributed by atoms with E-state index in [0.29, 0.717) is 11.9 Å². The van der Waals surface area contributed by atoms with E-state index in [-0.39, 0.29) is 5.82 Å². The molecule has 0 bridgehead atoms. The number of aromatic nitrogens is 2. The number of hydrogen-bond acceptors (Lipinski definition) is 2. The number of likely N-dealkylation sites (tertiary alicyclic amines) is 1. The van der Waals surface area contributed by atoms with Gasteiger partial charge < -0.3 is 4.57 Å². The molecule has 20 heavy (non-hydrogen) atoms. The van der Waals surface area contributed by atoms with Crippen LogP contribution in [-0.4, -0.2) is 33.6 Å². The van der Waals surface area contributed by atoms with Gasteiger partial charge in [0.1, 0.15) is 11.6 Å². The lowest BCUT2D eigenvalue weighted by molar-refractivity contribution is 0.245. The Hall–Kier alpha value is -1.13. The summed E-state index contributed by atoms with van der Waals surface area (Å²) in [5.74, 6) is 0.962. The number of alkyl halides is 1. The summed E-state index contributed by atoms with van der Waals surface area (Å²) in [6.45, 7) is 5.24. The molecule has 2 heterocycles. The van der Waals surface area contributed by atoms with Gasteiger partial charge in [-0.25, -0.2) is 9.37 Å². The highest BCUT2D eigenvalue weighted by Gasteiger charge is 2.25. The lowest BCUT2D eigenvalue weighted by Gasteiger charge is -2.24. The van der Waals surface area contributed by atoms with Gasteiger partial charge >= 0.3 is 0 Å². The second kappa shape index (κ2) is 5.70. The summed E-state index contributed by atoms with van der Waals surface area (Å²) < 4.78 is 15.6. The van der Waals surface area contributed by atoms with Crippen molar-refractivity contribution in [1.29, 1.82) is 0 Å². The van der Waals surface area contributed by atoms with Crippen LogP contribution in [0.15, 0.2) is 18.2 Å². The molecule has 1 saturated heterocycles. The average molecular weight is 296 g/mol. The van der Waals surface area contributed by atoms with Crippen molar-refractivity contribution in [2.45, 2.75) is 38.2 Å². The molecule has 0 N–H and O–H groups in total. The predicted octanol–water partition coefficient (Wildman–Crippen LogP) is 3.40. The standard InChI is InChI=1S/C15H19ClFN3/c1-2-19-7-3-4-12(19)10-20-14-8-11(17)5-6-13(14)18-15(20)9-16/h5-6,8,12H,2-4,7,9-10H2,1H3. The van der Waals surface area contributed by atoms with Crippen molar-refractivity contribution < 1.29 is 4.39 Å². The molecule has 1 atom stereocenters. The first-order valence-electron chi connectivity index (χ1n) is 7.17. The first kappa shape index (κ1) is 13.8. The maximum Gasteiger partial charge on any atom is 0.125 e. The molecule has 1 fully saturated rings. The Morgan fingerprint density at radius 3 is 3.05 bits per heavy atom. The highest BCUT2D eigenvalue weighted by atomic mass is 35.5. The van der Waals surface area contributed by atoms with Crippen LogP contribution in [0.2, 0.25) is 0 Å². The number of likely N-dealkylation sites (N-methyl/N-ethyl adjacent to an activating group) is 1. The third kappa shape index (κ3) is 2.42. The van der Waals surface area contributed by atoms with E-state index in [2.05, 4.69) is 21.4 Å². The molecule has 0 saturated carbocycles. The monoisotopic (exact) mass is 295 g/mol. The summed E-state index contributed by atoms with van der Waals surface area (Å²) in [5, 5.41) is 0. The molecular formula is C15H19ClFN3. The van der Waals surface area contributed by atoms with Gasteiger partial charge in [-0.3, -0.25) is 4.90 Å². The number of nitrogens with zero attached hydrogens (tertiary/aromatic N) is 3. The second-order valence-electron chi connectivity index (χ2n) is 5.33. The van der Waals surface area contributed by atoms with Crippen LogP contribution in [0.4, 0.5) is 4.39 Å². The molecule has 1 aliphatic heterocycles. The van der Waals surface area contributed by atoms with Crippen molar-refractivity contribution in [2.24, 2.45) is 0 Å². The third-order valence-electron chi connectivity index (χ3n) is 4.21. The third-order valence-corrected chi connectivity index (χ3v) is 4.45. The zero-order valence-electron chi connectivity index (χ0n) is 11.6. The topological polar surface area (TPSA) is 21.1 Å². The molecule has 1 aromatic carbocycles. The summed E-state index contributed by atoms with van der Waals surface area (Å²) in [6, 6.07) is 5.24. The van der Waals surface area contributed by atoms with E-state index in [1.165, 1.54) is 18.9 Å². The van der Waals surface area contributed by atoms with Crippen molar-refractivity contribution in [3.8, 4) is 0 Å². The lowest BCUT2D eigenvalue weighted by Crippen LogP contribution is -2.33. The van der Waals surface area contributed by atoms with Crippen molar-refractivity contribution in [3.05, 3.63) is 29.8 Å². The van der Waals surface area contributed by atoms with Gasteiger partial charge in [0.05, 0.1) is 16.9 Å². The Labute approximate surface area is 123 Å². The van der Waals surface area contributed by atoms with E-state index in [0.717, 1.165) is 36.5 Å². The van der Waals surface area contributed by atoms with Crippen LogP contribution in [0.25, 0.3) is 11.0 Å². The highest BCUT2D eigenvalue weighted by Crippen LogP contribution is 2.24. The van der Waals surface area contributed by atoms with Crippen LogP contribution < -0.4 is 0 Å². The Bertz CT molecular complexity index is 610. The van der Waals surface area contributed by atoms with Crippen molar-refractivity contribution in [1.82, 2.24) is 14.5 Å². The van der Waals surface area contributed by atoms with Crippen LogP contribution >= 0.6 is 11.6 Å². The van der Waals surface area contributed by atoms with E-state index in [1.807, 2.05) is 0 Å². The number of fused-ring (bicyclic) bond motifs is 1. The zero-order valence-corrected chi connectivity index (χ0v) is 12.4. The van der Waals surface area contributed by atoms with Crippen molar-refractivity contribution in [2.75, 3.05) is 13.1 Å². The molecule has 0 amide bonds.